The van der Waals surface area contributed by atoms with Crippen molar-refractivity contribution < 1.29 is 14.6 Å². The molecule has 0 bridgehead atoms. The number of ketones is 1. The first-order chi connectivity index (χ1) is 7.16. The van der Waals surface area contributed by atoms with Crippen LogP contribution in [0.5, 0.6) is 0 Å². The first-order valence-corrected chi connectivity index (χ1v) is 5.27. The smallest absolute Gasteiger partial charge is 0.188 e. The highest BCUT2D eigenvalue weighted by Gasteiger charge is 2.25. The first kappa shape index (κ1) is 10.5. The van der Waals surface area contributed by atoms with E-state index in [1.54, 1.807) is 12.1 Å². The zero-order valence-electron chi connectivity index (χ0n) is 7.76. The Labute approximate surface area is 95.5 Å². The van der Waals surface area contributed by atoms with E-state index in [1.165, 1.54) is 12.2 Å². The van der Waals surface area contributed by atoms with Gasteiger partial charge in [-0.25, -0.2) is 0 Å². The average Bonchev–Trinajstić information content (AvgIpc) is 2.23. The fourth-order valence-corrected chi connectivity index (χ4v) is 1.66. The minimum Gasteiger partial charge on any atom is -0.365 e. The van der Waals surface area contributed by atoms with Crippen LogP contribution in [0.4, 0.5) is 0 Å². The molecule has 15 heavy (non-hydrogen) atoms. The Kier molecular flexibility index (Phi) is 3.00. The molecule has 2 unspecified atom stereocenters. The van der Waals surface area contributed by atoms with Gasteiger partial charge in [-0.05, 0) is 29.8 Å². The summed E-state index contributed by atoms with van der Waals surface area (Å²) in [6, 6.07) is 7.24. The van der Waals surface area contributed by atoms with Gasteiger partial charge in [0.2, 0.25) is 0 Å². The van der Waals surface area contributed by atoms with Gasteiger partial charge in [-0.1, -0.05) is 28.1 Å². The van der Waals surface area contributed by atoms with E-state index in [0.29, 0.717) is 0 Å². The highest BCUT2D eigenvalue weighted by atomic mass is 79.9. The summed E-state index contributed by atoms with van der Waals surface area (Å²) < 4.78 is 6.06. The molecule has 1 aliphatic heterocycles. The van der Waals surface area contributed by atoms with E-state index in [9.17, 15) is 9.90 Å². The van der Waals surface area contributed by atoms with Crippen LogP contribution in [0.2, 0.25) is 0 Å². The second-order valence-electron chi connectivity index (χ2n) is 3.22. The van der Waals surface area contributed by atoms with E-state index in [0.717, 1.165) is 10.0 Å². The van der Waals surface area contributed by atoms with Gasteiger partial charge in [0.1, 0.15) is 6.10 Å². The van der Waals surface area contributed by atoms with Crippen molar-refractivity contribution in [3.63, 3.8) is 0 Å². The monoisotopic (exact) mass is 268 g/mol. The molecule has 0 fully saturated rings. The van der Waals surface area contributed by atoms with Gasteiger partial charge in [0.15, 0.2) is 12.1 Å². The van der Waals surface area contributed by atoms with Crippen molar-refractivity contribution in [3.8, 4) is 0 Å². The molecule has 0 aliphatic carbocycles. The van der Waals surface area contributed by atoms with Gasteiger partial charge in [0.25, 0.3) is 0 Å². The summed E-state index contributed by atoms with van der Waals surface area (Å²) in [7, 11) is 0. The Hall–Kier alpha value is -0.970. The molecule has 0 saturated heterocycles. The molecule has 1 aromatic carbocycles. The van der Waals surface area contributed by atoms with E-state index >= 15 is 0 Å². The van der Waals surface area contributed by atoms with Gasteiger partial charge >= 0.3 is 0 Å². The van der Waals surface area contributed by atoms with Crippen LogP contribution in [0.1, 0.15) is 11.7 Å². The Morgan fingerprint density at radius 2 is 1.93 bits per heavy atom. The van der Waals surface area contributed by atoms with Gasteiger partial charge in [-0.2, -0.15) is 0 Å². The van der Waals surface area contributed by atoms with Crippen molar-refractivity contribution in [2.75, 3.05) is 0 Å². The number of aliphatic hydroxyl groups is 1. The predicted molar refractivity (Wildman–Crippen MR) is 58.1 cm³/mol. The number of carbonyl (C=O) groups excluding carboxylic acids is 1. The first-order valence-electron chi connectivity index (χ1n) is 4.48. The number of rotatable bonds is 1. The summed E-state index contributed by atoms with van der Waals surface area (Å²) in [6.45, 7) is 0. The molecule has 4 heteroatoms. The number of ether oxygens (including phenoxy) is 1. The van der Waals surface area contributed by atoms with E-state index in [2.05, 4.69) is 15.9 Å². The number of hydrogen-bond donors (Lipinski definition) is 1. The Balaban J connectivity index is 2.27. The molecular formula is C11H9BrO3. The molecule has 1 N–H and O–H groups in total. The number of halogens is 1. The van der Waals surface area contributed by atoms with Crippen LogP contribution in [0, 0.1) is 0 Å². The molecule has 0 spiro atoms. The zero-order valence-corrected chi connectivity index (χ0v) is 9.35. The van der Waals surface area contributed by atoms with Gasteiger partial charge in [-0.3, -0.25) is 4.79 Å². The fourth-order valence-electron chi connectivity index (χ4n) is 1.40. The highest BCUT2D eigenvalue weighted by Crippen LogP contribution is 2.25. The van der Waals surface area contributed by atoms with Crippen molar-refractivity contribution in [2.24, 2.45) is 0 Å². The minimum absolute atomic E-state index is 0.150. The third-order valence-electron chi connectivity index (χ3n) is 2.13. The van der Waals surface area contributed by atoms with Crippen molar-refractivity contribution in [2.45, 2.75) is 12.4 Å². The normalized spacial score (nSPS) is 25.6. The van der Waals surface area contributed by atoms with Crippen LogP contribution in [-0.4, -0.2) is 17.2 Å². The molecule has 0 aromatic heterocycles. The molecule has 2 atom stereocenters. The van der Waals surface area contributed by atoms with E-state index in [1.807, 2.05) is 12.1 Å². The maximum atomic E-state index is 11.5. The lowest BCUT2D eigenvalue weighted by molar-refractivity contribution is -0.149. The summed E-state index contributed by atoms with van der Waals surface area (Å²) in [5.74, 6) is -0.150. The van der Waals surface area contributed by atoms with Crippen LogP contribution in [-0.2, 0) is 9.53 Å². The third-order valence-corrected chi connectivity index (χ3v) is 2.66. The molecule has 2 rings (SSSR count). The largest absolute Gasteiger partial charge is 0.365 e. The molecule has 0 amide bonds. The summed E-state index contributed by atoms with van der Waals surface area (Å²) in [5.41, 5.74) is 0.742. The maximum absolute atomic E-state index is 11.5. The van der Waals surface area contributed by atoms with Gasteiger partial charge in [0.05, 0.1) is 0 Å². The van der Waals surface area contributed by atoms with Gasteiger partial charge in [0, 0.05) is 4.47 Å². The fraction of sp³-hybridized carbons (Fsp3) is 0.182. The Morgan fingerprint density at radius 1 is 1.27 bits per heavy atom. The molecule has 0 saturated carbocycles. The van der Waals surface area contributed by atoms with Crippen molar-refractivity contribution in [1.82, 2.24) is 0 Å². The van der Waals surface area contributed by atoms with Crippen LogP contribution >= 0.6 is 15.9 Å². The average molecular weight is 269 g/mol. The lowest BCUT2D eigenvalue weighted by Gasteiger charge is -2.21. The van der Waals surface area contributed by atoms with Crippen molar-refractivity contribution in [1.29, 1.82) is 0 Å². The van der Waals surface area contributed by atoms with Crippen LogP contribution in [0.3, 0.4) is 0 Å². The topological polar surface area (TPSA) is 46.5 Å². The van der Waals surface area contributed by atoms with Crippen LogP contribution in [0.25, 0.3) is 0 Å². The molecule has 0 radical (unpaired) electrons. The second kappa shape index (κ2) is 4.26. The maximum Gasteiger partial charge on any atom is 0.188 e. The summed E-state index contributed by atoms with van der Waals surface area (Å²) in [4.78, 5) is 11.5. The number of carbonyl (C=O) groups is 1. The Bertz CT molecular complexity index is 397. The Morgan fingerprint density at radius 3 is 2.60 bits per heavy atom. The lowest BCUT2D eigenvalue weighted by atomic mass is 10.0. The second-order valence-corrected chi connectivity index (χ2v) is 4.14. The quantitative estimate of drug-likeness (QED) is 0.847. The molecular weight excluding hydrogens is 260 g/mol. The summed E-state index contributed by atoms with van der Waals surface area (Å²) in [5, 5.41) is 9.24. The minimum atomic E-state index is -1.00. The van der Waals surface area contributed by atoms with Crippen molar-refractivity contribution >= 4 is 21.7 Å². The standard InChI is InChI=1S/C11H9BrO3/c12-8-3-1-7(2-4-8)11-9(13)5-6-10(14)15-11/h1-6,10-11,14H. The SMILES string of the molecule is O=C1C=CC(O)OC1c1ccc(Br)cc1. The van der Waals surface area contributed by atoms with Crippen LogP contribution in [0.15, 0.2) is 40.9 Å². The van der Waals surface area contributed by atoms with Crippen molar-refractivity contribution in [3.05, 3.63) is 46.5 Å². The lowest BCUT2D eigenvalue weighted by Crippen LogP contribution is -2.24. The molecule has 1 aliphatic rings. The van der Waals surface area contributed by atoms with E-state index < -0.39 is 12.4 Å². The summed E-state index contributed by atoms with van der Waals surface area (Å²) >= 11 is 3.31. The van der Waals surface area contributed by atoms with Gasteiger partial charge < -0.3 is 9.84 Å². The molecule has 78 valence electrons. The third kappa shape index (κ3) is 2.34. The number of benzene rings is 1. The molecule has 3 nitrogen and oxygen atoms in total. The highest BCUT2D eigenvalue weighted by molar-refractivity contribution is 9.10. The zero-order chi connectivity index (χ0) is 10.8. The number of hydrogen-bond acceptors (Lipinski definition) is 3. The predicted octanol–water partition coefficient (Wildman–Crippen LogP) is 1.96. The van der Waals surface area contributed by atoms with Gasteiger partial charge in [-0.15, -0.1) is 0 Å². The van der Waals surface area contributed by atoms with E-state index in [4.69, 9.17) is 4.74 Å². The summed E-state index contributed by atoms with van der Waals surface area (Å²) in [6.07, 6.45) is 0.980. The van der Waals surface area contributed by atoms with Crippen LogP contribution < -0.4 is 0 Å². The van der Waals surface area contributed by atoms with E-state index in [-0.39, 0.29) is 5.78 Å². The molecule has 1 aromatic rings. The molecule has 1 heterocycles. The number of aliphatic hydroxyl groups excluding tert-OH is 1.